The molecule has 2 aromatic heterocycles. The van der Waals surface area contributed by atoms with Crippen molar-refractivity contribution < 1.29 is 9.18 Å². The molecule has 0 aliphatic heterocycles. The molecular formula is C13H12FN3OS. The first-order valence-electron chi connectivity index (χ1n) is 6.02. The summed E-state index contributed by atoms with van der Waals surface area (Å²) >= 11 is 1.40. The van der Waals surface area contributed by atoms with Crippen molar-refractivity contribution >= 4 is 22.4 Å². The van der Waals surface area contributed by atoms with Crippen LogP contribution in [0.4, 0.5) is 9.52 Å². The van der Waals surface area contributed by atoms with Gasteiger partial charge in [0.25, 0.3) is 5.91 Å². The highest BCUT2D eigenvalue weighted by atomic mass is 32.1. The van der Waals surface area contributed by atoms with E-state index in [0.717, 1.165) is 11.9 Å². The van der Waals surface area contributed by atoms with Crippen LogP contribution in [0.3, 0.4) is 0 Å². The average molecular weight is 277 g/mol. The Kier molecular flexibility index (Phi) is 3.02. The number of carbonyl (C=O) groups excluding carboxylic acids is 1. The van der Waals surface area contributed by atoms with Gasteiger partial charge < -0.3 is 0 Å². The molecular weight excluding hydrogens is 265 g/mol. The SMILES string of the molecule is Cc1cc(C(=O)Nc2nc(C3CC3)cs2)ncc1F. The summed E-state index contributed by atoms with van der Waals surface area (Å²) in [5.41, 5.74) is 1.64. The van der Waals surface area contributed by atoms with Crippen molar-refractivity contribution in [3.05, 3.63) is 40.4 Å². The van der Waals surface area contributed by atoms with Gasteiger partial charge in [0.05, 0.1) is 11.9 Å². The maximum absolute atomic E-state index is 13.1. The van der Waals surface area contributed by atoms with Crippen LogP contribution >= 0.6 is 11.3 Å². The van der Waals surface area contributed by atoms with Crippen LogP contribution in [0.2, 0.25) is 0 Å². The number of halogens is 1. The molecule has 2 heterocycles. The van der Waals surface area contributed by atoms with E-state index in [9.17, 15) is 9.18 Å². The largest absolute Gasteiger partial charge is 0.296 e. The number of carbonyl (C=O) groups is 1. The minimum absolute atomic E-state index is 0.196. The number of thiazole rings is 1. The summed E-state index contributed by atoms with van der Waals surface area (Å²) in [6.07, 6.45) is 3.41. The molecule has 19 heavy (non-hydrogen) atoms. The molecule has 2 aromatic rings. The first-order valence-corrected chi connectivity index (χ1v) is 6.90. The summed E-state index contributed by atoms with van der Waals surface area (Å²) in [4.78, 5) is 20.1. The van der Waals surface area contributed by atoms with Crippen LogP contribution in [0.1, 0.15) is 40.5 Å². The van der Waals surface area contributed by atoms with Crippen molar-refractivity contribution in [3.63, 3.8) is 0 Å². The third-order valence-corrected chi connectivity index (χ3v) is 3.79. The van der Waals surface area contributed by atoms with Gasteiger partial charge in [-0.1, -0.05) is 0 Å². The van der Waals surface area contributed by atoms with Crippen molar-refractivity contribution in [3.8, 4) is 0 Å². The Bertz CT molecular complexity index is 637. The summed E-state index contributed by atoms with van der Waals surface area (Å²) in [5.74, 6) is -0.213. The lowest BCUT2D eigenvalue weighted by Gasteiger charge is -2.02. The normalized spacial score (nSPS) is 14.4. The fourth-order valence-corrected chi connectivity index (χ4v) is 2.52. The van der Waals surface area contributed by atoms with Crippen LogP contribution in [0.5, 0.6) is 0 Å². The third kappa shape index (κ3) is 2.63. The maximum atomic E-state index is 13.1. The fourth-order valence-electron chi connectivity index (χ4n) is 1.73. The lowest BCUT2D eigenvalue weighted by Crippen LogP contribution is -2.14. The molecule has 0 atom stereocenters. The molecule has 0 aromatic carbocycles. The van der Waals surface area contributed by atoms with E-state index in [2.05, 4.69) is 15.3 Å². The smallest absolute Gasteiger partial charge is 0.276 e. The van der Waals surface area contributed by atoms with Crippen LogP contribution in [-0.2, 0) is 0 Å². The zero-order valence-corrected chi connectivity index (χ0v) is 11.1. The second kappa shape index (κ2) is 4.70. The van der Waals surface area contributed by atoms with Gasteiger partial charge in [0, 0.05) is 11.3 Å². The van der Waals surface area contributed by atoms with Crippen molar-refractivity contribution in [1.82, 2.24) is 9.97 Å². The molecule has 4 nitrogen and oxygen atoms in total. The van der Waals surface area contributed by atoms with E-state index >= 15 is 0 Å². The summed E-state index contributed by atoms with van der Waals surface area (Å²) < 4.78 is 13.1. The lowest BCUT2D eigenvalue weighted by atomic mass is 10.2. The Labute approximate surface area is 113 Å². The molecule has 1 N–H and O–H groups in total. The van der Waals surface area contributed by atoms with E-state index in [-0.39, 0.29) is 11.6 Å². The number of aromatic nitrogens is 2. The number of aryl methyl sites for hydroxylation is 1. The van der Waals surface area contributed by atoms with Gasteiger partial charge in [0.1, 0.15) is 11.5 Å². The fraction of sp³-hybridized carbons (Fsp3) is 0.308. The lowest BCUT2D eigenvalue weighted by molar-refractivity contribution is 0.102. The zero-order valence-electron chi connectivity index (χ0n) is 10.3. The van der Waals surface area contributed by atoms with E-state index in [1.807, 2.05) is 5.38 Å². The molecule has 0 unspecified atom stereocenters. The predicted octanol–water partition coefficient (Wildman–Crippen LogP) is 3.12. The predicted molar refractivity (Wildman–Crippen MR) is 71.0 cm³/mol. The van der Waals surface area contributed by atoms with E-state index in [1.165, 1.54) is 30.2 Å². The Morgan fingerprint density at radius 1 is 1.53 bits per heavy atom. The number of nitrogens with zero attached hydrogens (tertiary/aromatic N) is 2. The van der Waals surface area contributed by atoms with Crippen molar-refractivity contribution in [1.29, 1.82) is 0 Å². The van der Waals surface area contributed by atoms with Gasteiger partial charge in [-0.25, -0.2) is 14.4 Å². The molecule has 3 rings (SSSR count). The quantitative estimate of drug-likeness (QED) is 0.937. The molecule has 98 valence electrons. The Balaban J connectivity index is 1.74. The standard InChI is InChI=1S/C13H12FN3OS/c1-7-4-10(15-5-9(7)14)12(18)17-13-16-11(6-19-13)8-2-3-8/h4-6,8H,2-3H2,1H3,(H,16,17,18). The van der Waals surface area contributed by atoms with Crippen LogP contribution < -0.4 is 5.32 Å². The number of amides is 1. The van der Waals surface area contributed by atoms with Gasteiger partial charge in [0.15, 0.2) is 5.13 Å². The summed E-state index contributed by atoms with van der Waals surface area (Å²) in [7, 11) is 0. The number of rotatable bonds is 3. The monoisotopic (exact) mass is 277 g/mol. The van der Waals surface area contributed by atoms with Gasteiger partial charge in [0.2, 0.25) is 0 Å². The third-order valence-electron chi connectivity index (χ3n) is 3.02. The highest BCUT2D eigenvalue weighted by molar-refractivity contribution is 7.14. The summed E-state index contributed by atoms with van der Waals surface area (Å²) in [6.45, 7) is 1.60. The van der Waals surface area contributed by atoms with E-state index in [1.54, 1.807) is 6.92 Å². The molecule has 1 aliphatic rings. The van der Waals surface area contributed by atoms with Crippen LogP contribution in [-0.4, -0.2) is 15.9 Å². The number of hydrogen-bond donors (Lipinski definition) is 1. The topological polar surface area (TPSA) is 54.9 Å². The van der Waals surface area contributed by atoms with Gasteiger partial charge in [-0.05, 0) is 31.4 Å². The summed E-state index contributed by atoms with van der Waals surface area (Å²) in [6, 6.07) is 1.43. The van der Waals surface area contributed by atoms with Crippen LogP contribution in [0.15, 0.2) is 17.6 Å². The molecule has 0 spiro atoms. The van der Waals surface area contributed by atoms with Crippen molar-refractivity contribution in [2.24, 2.45) is 0 Å². The van der Waals surface area contributed by atoms with Crippen molar-refractivity contribution in [2.75, 3.05) is 5.32 Å². The van der Waals surface area contributed by atoms with Crippen LogP contribution in [0, 0.1) is 12.7 Å². The number of hydrogen-bond acceptors (Lipinski definition) is 4. The minimum Gasteiger partial charge on any atom is -0.296 e. The van der Waals surface area contributed by atoms with E-state index in [4.69, 9.17) is 0 Å². The minimum atomic E-state index is -0.415. The van der Waals surface area contributed by atoms with Gasteiger partial charge >= 0.3 is 0 Å². The van der Waals surface area contributed by atoms with Gasteiger partial charge in [-0.3, -0.25) is 10.1 Å². The van der Waals surface area contributed by atoms with E-state index < -0.39 is 5.82 Å². The highest BCUT2D eigenvalue weighted by Crippen LogP contribution is 2.40. The molecule has 0 radical (unpaired) electrons. The molecule has 0 saturated heterocycles. The average Bonchev–Trinajstić information content (AvgIpc) is 3.14. The first-order chi connectivity index (χ1) is 9.13. The molecule has 1 aliphatic carbocycles. The maximum Gasteiger partial charge on any atom is 0.276 e. The van der Waals surface area contributed by atoms with Crippen LogP contribution in [0.25, 0.3) is 0 Å². The van der Waals surface area contributed by atoms with E-state index in [0.29, 0.717) is 16.6 Å². The molecule has 0 bridgehead atoms. The molecule has 6 heteroatoms. The first kappa shape index (κ1) is 12.2. The number of pyridine rings is 1. The zero-order chi connectivity index (χ0) is 13.4. The second-order valence-corrected chi connectivity index (χ2v) is 5.48. The number of anilines is 1. The van der Waals surface area contributed by atoms with Gasteiger partial charge in [-0.2, -0.15) is 0 Å². The second-order valence-electron chi connectivity index (χ2n) is 4.62. The highest BCUT2D eigenvalue weighted by Gasteiger charge is 2.26. The van der Waals surface area contributed by atoms with Crippen molar-refractivity contribution in [2.45, 2.75) is 25.7 Å². The van der Waals surface area contributed by atoms with Gasteiger partial charge in [-0.15, -0.1) is 11.3 Å². The molecule has 1 fully saturated rings. The molecule has 1 saturated carbocycles. The molecule has 1 amide bonds. The Morgan fingerprint density at radius 3 is 3.00 bits per heavy atom. The number of nitrogens with one attached hydrogen (secondary N) is 1. The Hall–Kier alpha value is -1.82. The Morgan fingerprint density at radius 2 is 2.32 bits per heavy atom. The summed E-state index contributed by atoms with van der Waals surface area (Å²) in [5, 5.41) is 5.23.